The zero-order valence-electron chi connectivity index (χ0n) is 14.6. The molecule has 0 atom stereocenters. The molecule has 2 aromatic carbocycles. The van der Waals surface area contributed by atoms with Crippen LogP contribution in [-0.2, 0) is 0 Å². The number of aromatic nitrogens is 1. The van der Waals surface area contributed by atoms with Crippen molar-refractivity contribution in [1.29, 1.82) is 0 Å². The Kier molecular flexibility index (Phi) is 3.72. The van der Waals surface area contributed by atoms with Gasteiger partial charge >= 0.3 is 0 Å². The highest BCUT2D eigenvalue weighted by atomic mass is 16.5. The van der Waals surface area contributed by atoms with Gasteiger partial charge in [0.2, 0.25) is 0 Å². The van der Waals surface area contributed by atoms with Crippen molar-refractivity contribution in [3.8, 4) is 5.75 Å². The molecule has 4 rings (SSSR count). The Morgan fingerprint density at radius 1 is 1.15 bits per heavy atom. The first kappa shape index (κ1) is 16.3. The number of amides is 1. The zero-order chi connectivity index (χ0) is 18.3. The first-order valence-electron chi connectivity index (χ1n) is 8.44. The van der Waals surface area contributed by atoms with Crippen LogP contribution in [0.3, 0.4) is 0 Å². The first-order valence-corrected chi connectivity index (χ1v) is 8.44. The molecule has 3 aromatic rings. The molecule has 0 saturated heterocycles. The Labute approximate surface area is 151 Å². The monoisotopic (exact) mass is 346 g/mol. The van der Waals surface area contributed by atoms with Gasteiger partial charge in [-0.25, -0.2) is 0 Å². The highest BCUT2D eigenvalue weighted by molar-refractivity contribution is 6.10. The van der Waals surface area contributed by atoms with Gasteiger partial charge < -0.3 is 10.1 Å². The minimum absolute atomic E-state index is 0.0160. The average Bonchev–Trinajstić information content (AvgIpc) is 2.61. The number of rotatable bonds is 2. The summed E-state index contributed by atoms with van der Waals surface area (Å²) in [5.74, 6) is 0.218. The van der Waals surface area contributed by atoms with Crippen LogP contribution in [0.5, 0.6) is 5.75 Å². The van der Waals surface area contributed by atoms with Crippen LogP contribution in [0.1, 0.15) is 41.0 Å². The van der Waals surface area contributed by atoms with Crippen LogP contribution in [0, 0.1) is 0 Å². The van der Waals surface area contributed by atoms with Gasteiger partial charge in [-0.2, -0.15) is 0 Å². The summed E-state index contributed by atoms with van der Waals surface area (Å²) >= 11 is 0. The molecule has 0 aliphatic carbocycles. The normalized spacial score (nSPS) is 15.2. The van der Waals surface area contributed by atoms with E-state index in [0.717, 1.165) is 10.9 Å². The molecule has 1 amide bonds. The third-order valence-corrected chi connectivity index (χ3v) is 4.40. The van der Waals surface area contributed by atoms with E-state index in [1.54, 1.807) is 24.4 Å². The fraction of sp³-hybridized carbons (Fsp3) is 0.190. The predicted molar refractivity (Wildman–Crippen MR) is 99.8 cm³/mol. The molecule has 0 spiro atoms. The number of nitrogens with one attached hydrogen (secondary N) is 1. The molecule has 1 aliphatic rings. The van der Waals surface area contributed by atoms with E-state index in [9.17, 15) is 9.59 Å². The van der Waals surface area contributed by atoms with E-state index in [1.807, 2.05) is 44.2 Å². The van der Waals surface area contributed by atoms with Gasteiger partial charge in [0.15, 0.2) is 5.78 Å². The van der Waals surface area contributed by atoms with Gasteiger partial charge in [-0.3, -0.25) is 14.6 Å². The molecule has 130 valence electrons. The van der Waals surface area contributed by atoms with E-state index >= 15 is 0 Å². The molecule has 1 aliphatic heterocycles. The molecule has 0 fully saturated rings. The van der Waals surface area contributed by atoms with Crippen LogP contribution in [0.25, 0.3) is 10.9 Å². The van der Waals surface area contributed by atoms with Gasteiger partial charge in [0.1, 0.15) is 11.4 Å². The van der Waals surface area contributed by atoms with Crippen LogP contribution < -0.4 is 10.1 Å². The Hall–Kier alpha value is -3.21. The van der Waals surface area contributed by atoms with Crippen LogP contribution in [0.4, 0.5) is 5.69 Å². The summed E-state index contributed by atoms with van der Waals surface area (Å²) in [7, 11) is 0. The van der Waals surface area contributed by atoms with Gasteiger partial charge in [0.05, 0.1) is 23.2 Å². The summed E-state index contributed by atoms with van der Waals surface area (Å²) in [6, 6.07) is 14.4. The van der Waals surface area contributed by atoms with Crippen molar-refractivity contribution in [1.82, 2.24) is 4.98 Å². The highest BCUT2D eigenvalue weighted by Crippen LogP contribution is 2.33. The minimum Gasteiger partial charge on any atom is -0.487 e. The summed E-state index contributed by atoms with van der Waals surface area (Å²) in [4.78, 5) is 29.4. The van der Waals surface area contributed by atoms with Crippen molar-refractivity contribution in [2.24, 2.45) is 0 Å². The molecule has 1 N–H and O–H groups in total. The molecule has 0 bridgehead atoms. The van der Waals surface area contributed by atoms with Gasteiger partial charge in [-0.15, -0.1) is 0 Å². The Bertz CT molecular complexity index is 1040. The lowest BCUT2D eigenvalue weighted by atomic mass is 9.92. The summed E-state index contributed by atoms with van der Waals surface area (Å²) in [6.45, 7) is 3.75. The standard InChI is InChI=1S/C21H18N2O3/c1-21(2)12-17(24)15-11-14(8-9-18(15)26-21)20(25)23-16-7-3-5-13-6-4-10-22-19(13)16/h3-11H,12H2,1-2H3,(H,23,25). The minimum atomic E-state index is -0.525. The quantitative estimate of drug-likeness (QED) is 0.754. The number of carbonyl (C=O) groups is 2. The second-order valence-electron chi connectivity index (χ2n) is 7.01. The number of Topliss-reactive ketones (excluding diaryl/α,β-unsaturated/α-hetero) is 1. The zero-order valence-corrected chi connectivity index (χ0v) is 14.6. The number of anilines is 1. The lowest BCUT2D eigenvalue weighted by molar-refractivity contribution is 0.0620. The molecule has 0 radical (unpaired) electrons. The van der Waals surface area contributed by atoms with Crippen LogP contribution in [0.15, 0.2) is 54.7 Å². The topological polar surface area (TPSA) is 68.3 Å². The molecule has 5 nitrogen and oxygen atoms in total. The van der Waals surface area contributed by atoms with Crippen molar-refractivity contribution >= 4 is 28.3 Å². The van der Waals surface area contributed by atoms with Crippen molar-refractivity contribution in [2.75, 3.05) is 5.32 Å². The number of hydrogen-bond acceptors (Lipinski definition) is 4. The maximum Gasteiger partial charge on any atom is 0.255 e. The van der Waals surface area contributed by atoms with Gasteiger partial charge in [-0.05, 0) is 44.2 Å². The molecular weight excluding hydrogens is 328 g/mol. The van der Waals surface area contributed by atoms with Crippen LogP contribution in [-0.4, -0.2) is 22.3 Å². The third-order valence-electron chi connectivity index (χ3n) is 4.40. The molecular formula is C21H18N2O3. The summed E-state index contributed by atoms with van der Waals surface area (Å²) in [6.07, 6.45) is 1.98. The predicted octanol–water partition coefficient (Wildman–Crippen LogP) is 4.23. The summed E-state index contributed by atoms with van der Waals surface area (Å²) in [5, 5.41) is 3.83. The molecule has 1 aromatic heterocycles. The second kappa shape index (κ2) is 5.95. The number of benzene rings is 2. The van der Waals surface area contributed by atoms with Gasteiger partial charge in [0.25, 0.3) is 5.91 Å². The Balaban J connectivity index is 1.65. The number of nitrogens with zero attached hydrogens (tertiary/aromatic N) is 1. The van der Waals surface area contributed by atoms with E-state index < -0.39 is 5.60 Å². The van der Waals surface area contributed by atoms with E-state index in [4.69, 9.17) is 4.74 Å². The second-order valence-corrected chi connectivity index (χ2v) is 7.01. The number of hydrogen-bond donors (Lipinski definition) is 1. The van der Waals surface area contributed by atoms with Crippen molar-refractivity contribution < 1.29 is 14.3 Å². The number of ether oxygens (including phenoxy) is 1. The smallest absolute Gasteiger partial charge is 0.255 e. The number of fused-ring (bicyclic) bond motifs is 2. The Morgan fingerprint density at radius 2 is 1.96 bits per heavy atom. The largest absolute Gasteiger partial charge is 0.487 e. The van der Waals surface area contributed by atoms with Crippen molar-refractivity contribution in [3.05, 3.63) is 65.9 Å². The average molecular weight is 346 g/mol. The van der Waals surface area contributed by atoms with Gasteiger partial charge in [0, 0.05) is 17.1 Å². The SMILES string of the molecule is CC1(C)CC(=O)c2cc(C(=O)Nc3cccc4cccnc34)ccc2O1. The number of ketones is 1. The molecule has 5 heteroatoms. The molecule has 2 heterocycles. The van der Waals surface area contributed by atoms with Crippen molar-refractivity contribution in [3.63, 3.8) is 0 Å². The lowest BCUT2D eigenvalue weighted by Crippen LogP contribution is -2.36. The fourth-order valence-corrected chi connectivity index (χ4v) is 3.19. The molecule has 26 heavy (non-hydrogen) atoms. The van der Waals surface area contributed by atoms with Crippen molar-refractivity contribution in [2.45, 2.75) is 25.9 Å². The maximum atomic E-state index is 12.7. The number of para-hydroxylation sites is 1. The first-order chi connectivity index (χ1) is 12.4. The third kappa shape index (κ3) is 2.92. The van der Waals surface area contributed by atoms with E-state index in [-0.39, 0.29) is 18.1 Å². The maximum absolute atomic E-state index is 12.7. The lowest BCUT2D eigenvalue weighted by Gasteiger charge is -2.31. The number of carbonyl (C=O) groups excluding carboxylic acids is 2. The number of pyridine rings is 1. The Morgan fingerprint density at radius 3 is 2.81 bits per heavy atom. The summed E-state index contributed by atoms with van der Waals surface area (Å²) < 4.78 is 5.84. The van der Waals surface area contributed by atoms with Crippen LogP contribution in [0.2, 0.25) is 0 Å². The van der Waals surface area contributed by atoms with E-state index in [0.29, 0.717) is 22.6 Å². The molecule has 0 unspecified atom stereocenters. The highest BCUT2D eigenvalue weighted by Gasteiger charge is 2.32. The van der Waals surface area contributed by atoms with Crippen LogP contribution >= 0.6 is 0 Å². The van der Waals surface area contributed by atoms with E-state index in [2.05, 4.69) is 10.3 Å². The summed E-state index contributed by atoms with van der Waals surface area (Å²) in [5.41, 5.74) is 1.70. The fourth-order valence-electron chi connectivity index (χ4n) is 3.19. The molecule has 0 saturated carbocycles. The van der Waals surface area contributed by atoms with Gasteiger partial charge in [-0.1, -0.05) is 18.2 Å². The van der Waals surface area contributed by atoms with E-state index in [1.165, 1.54) is 0 Å².